The lowest BCUT2D eigenvalue weighted by atomic mass is 10.0. The van der Waals surface area contributed by atoms with Crippen molar-refractivity contribution in [3.8, 4) is 0 Å². The molecule has 3 atom stereocenters. The Morgan fingerprint density at radius 3 is 1.24 bits per heavy atom. The van der Waals surface area contributed by atoms with Gasteiger partial charge in [-0.25, -0.2) is 0 Å². The maximum Gasteiger partial charge on any atom is 0.306 e. The molecule has 0 radical (unpaired) electrons. The van der Waals surface area contributed by atoms with Crippen molar-refractivity contribution in [2.45, 2.75) is 322 Å². The summed E-state index contributed by atoms with van der Waals surface area (Å²) in [6.45, 7) is 6.73. The van der Waals surface area contributed by atoms with Crippen molar-refractivity contribution in [2.75, 3.05) is 40.9 Å². The molecule has 456 valence electrons. The Morgan fingerprint density at radius 2 is 0.821 bits per heavy atom. The summed E-state index contributed by atoms with van der Waals surface area (Å²) in [5, 5.41) is 3.03. The number of amides is 1. The van der Waals surface area contributed by atoms with Gasteiger partial charge in [-0.2, -0.15) is 0 Å². The molecule has 0 aliphatic carbocycles. The number of phosphoric acid groups is 1. The molecule has 0 heterocycles. The number of quaternary nitrogens is 1. The molecule has 78 heavy (non-hydrogen) atoms. The quantitative estimate of drug-likeness (QED) is 0.0212. The van der Waals surface area contributed by atoms with Crippen LogP contribution in [-0.4, -0.2) is 69.4 Å². The van der Waals surface area contributed by atoms with Crippen molar-refractivity contribution in [2.24, 2.45) is 0 Å². The molecule has 0 spiro atoms. The number of rotatable bonds is 60. The number of hydrogen-bond donors (Lipinski definition) is 1. The lowest BCUT2D eigenvalue weighted by molar-refractivity contribution is -0.870. The standard InChI is InChI=1S/C68H127N2O7P/c1-7-10-13-16-19-22-25-27-29-30-31-32-33-34-35-36-37-38-39-40-41-42-45-48-51-54-57-60-67(71)69-65(64-76-78(73,74)75-63-62-70(4,5)6)66(59-56-53-50-47-44-24-21-18-15-12-9-3)77-68(72)61-58-55-52-49-46-43-28-26-23-20-17-14-11-8-2/h11,14,20,23,27-29,43,56,59,65-66H,7-10,12-13,15-19,21-22,24-26,30-42,44-55,57-58,60-64H2,1-6H3,(H-,69,71,73,74)/b14-11+,23-20+,29-27+,43-28+,59-56-. The summed E-state index contributed by atoms with van der Waals surface area (Å²) in [4.78, 5) is 40.0. The Kier molecular flexibility index (Phi) is 56.2. The van der Waals surface area contributed by atoms with E-state index in [0.29, 0.717) is 23.9 Å². The number of ether oxygens (including phenoxy) is 1. The molecule has 1 N–H and O–H groups in total. The molecule has 9 nitrogen and oxygen atoms in total. The van der Waals surface area contributed by atoms with E-state index in [1.165, 1.54) is 186 Å². The van der Waals surface area contributed by atoms with Crippen LogP contribution in [-0.2, 0) is 27.9 Å². The second-order valence-corrected chi connectivity index (χ2v) is 25.0. The van der Waals surface area contributed by atoms with E-state index in [9.17, 15) is 19.0 Å². The topological polar surface area (TPSA) is 114 Å². The summed E-state index contributed by atoms with van der Waals surface area (Å²) in [5.74, 6) is -0.559. The molecule has 10 heteroatoms. The normalized spacial score (nSPS) is 14.0. The highest BCUT2D eigenvalue weighted by atomic mass is 31.2. The van der Waals surface area contributed by atoms with E-state index in [1.54, 1.807) is 0 Å². The summed E-state index contributed by atoms with van der Waals surface area (Å²) in [5.41, 5.74) is 0. The highest BCUT2D eigenvalue weighted by Crippen LogP contribution is 2.38. The minimum Gasteiger partial charge on any atom is -0.756 e. The molecule has 0 fully saturated rings. The third-order valence-electron chi connectivity index (χ3n) is 14.7. The zero-order valence-corrected chi connectivity index (χ0v) is 53.0. The molecule has 0 rings (SSSR count). The van der Waals surface area contributed by atoms with Crippen molar-refractivity contribution in [1.29, 1.82) is 0 Å². The van der Waals surface area contributed by atoms with Crippen LogP contribution in [0.15, 0.2) is 60.8 Å². The number of hydrogen-bond acceptors (Lipinski definition) is 7. The molecule has 0 aromatic carbocycles. The lowest BCUT2D eigenvalue weighted by Gasteiger charge is -2.30. The van der Waals surface area contributed by atoms with Gasteiger partial charge in [0.2, 0.25) is 5.91 Å². The van der Waals surface area contributed by atoms with Gasteiger partial charge in [-0.05, 0) is 89.5 Å². The lowest BCUT2D eigenvalue weighted by Crippen LogP contribution is -2.47. The highest BCUT2D eigenvalue weighted by Gasteiger charge is 2.27. The molecule has 0 aliphatic rings. The smallest absolute Gasteiger partial charge is 0.306 e. The molecule has 0 aromatic rings. The predicted octanol–water partition coefficient (Wildman–Crippen LogP) is 20.0. The summed E-state index contributed by atoms with van der Waals surface area (Å²) >= 11 is 0. The maximum atomic E-state index is 13.5. The molecule has 0 bridgehead atoms. The van der Waals surface area contributed by atoms with E-state index in [0.717, 1.165) is 83.5 Å². The van der Waals surface area contributed by atoms with Crippen LogP contribution in [0.25, 0.3) is 0 Å². The first-order chi connectivity index (χ1) is 37.9. The van der Waals surface area contributed by atoms with E-state index in [2.05, 4.69) is 74.7 Å². The fourth-order valence-corrected chi connectivity index (χ4v) is 10.3. The van der Waals surface area contributed by atoms with Gasteiger partial charge in [0, 0.05) is 12.8 Å². The molecule has 1 amide bonds. The Balaban J connectivity index is 4.98. The number of nitrogens with zero attached hydrogens (tertiary/aromatic N) is 1. The van der Waals surface area contributed by atoms with Crippen molar-refractivity contribution >= 4 is 19.7 Å². The van der Waals surface area contributed by atoms with Crippen LogP contribution in [0.4, 0.5) is 0 Å². The van der Waals surface area contributed by atoms with Gasteiger partial charge in [0.05, 0.1) is 33.8 Å². The molecule has 0 aromatic heterocycles. The average molecular weight is 1120 g/mol. The summed E-state index contributed by atoms with van der Waals surface area (Å²) in [6.07, 6.45) is 73.6. The Morgan fingerprint density at radius 1 is 0.462 bits per heavy atom. The molecular formula is C68H127N2O7P. The van der Waals surface area contributed by atoms with E-state index in [1.807, 2.05) is 33.3 Å². The van der Waals surface area contributed by atoms with Crippen LogP contribution in [0.1, 0.15) is 310 Å². The average Bonchev–Trinajstić information content (AvgIpc) is 3.40. The van der Waals surface area contributed by atoms with Crippen LogP contribution in [0.5, 0.6) is 0 Å². The van der Waals surface area contributed by atoms with Crippen molar-refractivity contribution < 1.29 is 37.3 Å². The van der Waals surface area contributed by atoms with Gasteiger partial charge in [0.15, 0.2) is 0 Å². The summed E-state index contributed by atoms with van der Waals surface area (Å²) < 4.78 is 30.3. The number of carbonyl (C=O) groups excluding carboxylic acids is 2. The first-order valence-corrected chi connectivity index (χ1v) is 34.6. The Bertz CT molecular complexity index is 1520. The number of nitrogens with one attached hydrogen (secondary N) is 1. The van der Waals surface area contributed by atoms with E-state index in [4.69, 9.17) is 13.8 Å². The number of unbranched alkanes of at least 4 members (excludes halogenated alkanes) is 36. The summed E-state index contributed by atoms with van der Waals surface area (Å²) in [6, 6.07) is -0.897. The number of allylic oxidation sites excluding steroid dienone is 9. The van der Waals surface area contributed by atoms with Gasteiger partial charge in [-0.1, -0.05) is 268 Å². The van der Waals surface area contributed by atoms with Crippen LogP contribution >= 0.6 is 7.82 Å². The summed E-state index contributed by atoms with van der Waals surface area (Å²) in [7, 11) is 1.18. The van der Waals surface area contributed by atoms with Gasteiger partial charge < -0.3 is 28.5 Å². The number of phosphoric ester groups is 1. The Hall–Kier alpha value is -2.29. The van der Waals surface area contributed by atoms with Crippen LogP contribution < -0.4 is 10.2 Å². The second-order valence-electron chi connectivity index (χ2n) is 23.6. The van der Waals surface area contributed by atoms with Crippen LogP contribution in [0, 0.1) is 0 Å². The van der Waals surface area contributed by atoms with E-state index >= 15 is 0 Å². The third kappa shape index (κ3) is 58.4. The Labute approximate surface area is 483 Å². The zero-order valence-electron chi connectivity index (χ0n) is 52.1. The fraction of sp³-hybridized carbons (Fsp3) is 0.824. The van der Waals surface area contributed by atoms with Gasteiger partial charge in [-0.15, -0.1) is 0 Å². The van der Waals surface area contributed by atoms with Gasteiger partial charge >= 0.3 is 5.97 Å². The van der Waals surface area contributed by atoms with E-state index < -0.39 is 26.6 Å². The molecular weight excluding hydrogens is 988 g/mol. The highest BCUT2D eigenvalue weighted by molar-refractivity contribution is 7.45. The van der Waals surface area contributed by atoms with Crippen LogP contribution in [0.3, 0.4) is 0 Å². The molecule has 3 unspecified atom stereocenters. The van der Waals surface area contributed by atoms with Crippen molar-refractivity contribution in [1.82, 2.24) is 5.32 Å². The van der Waals surface area contributed by atoms with Crippen molar-refractivity contribution in [3.63, 3.8) is 0 Å². The number of carbonyl (C=O) groups is 2. The minimum absolute atomic E-state index is 0.0262. The SMILES string of the molecule is CC/C=C/C/C=C/C/C=C/CCCCCCC(=O)OC(/C=C\CCCCCCCCCCC)C(COP(=O)([O-])OCC[N+](C)(C)C)NC(=O)CCCCCCCCCCCCCCCCCCC/C=C/CCCCCCCC. The van der Waals surface area contributed by atoms with Gasteiger partial charge in [-0.3, -0.25) is 14.2 Å². The number of likely N-dealkylation sites (N-methyl/N-ethyl adjacent to an activating group) is 1. The van der Waals surface area contributed by atoms with Gasteiger partial charge in [0.25, 0.3) is 7.82 Å². The first-order valence-electron chi connectivity index (χ1n) is 33.1. The minimum atomic E-state index is -4.70. The zero-order chi connectivity index (χ0) is 57.2. The maximum absolute atomic E-state index is 13.5. The largest absolute Gasteiger partial charge is 0.756 e. The monoisotopic (exact) mass is 1110 g/mol. The number of esters is 1. The molecule has 0 aliphatic heterocycles. The predicted molar refractivity (Wildman–Crippen MR) is 335 cm³/mol. The molecule has 0 saturated heterocycles. The molecule has 0 saturated carbocycles. The van der Waals surface area contributed by atoms with Crippen molar-refractivity contribution in [3.05, 3.63) is 60.8 Å². The first kappa shape index (κ1) is 75.7. The van der Waals surface area contributed by atoms with E-state index in [-0.39, 0.29) is 24.9 Å². The fourth-order valence-electron chi connectivity index (χ4n) is 9.59. The second kappa shape index (κ2) is 57.9. The van der Waals surface area contributed by atoms with Crippen LogP contribution in [0.2, 0.25) is 0 Å². The van der Waals surface area contributed by atoms with Gasteiger partial charge in [0.1, 0.15) is 19.3 Å². The third-order valence-corrected chi connectivity index (χ3v) is 15.6.